The molecule has 4 rings (SSSR count). The predicted octanol–water partition coefficient (Wildman–Crippen LogP) is 2.55. The van der Waals surface area contributed by atoms with Gasteiger partial charge in [0.1, 0.15) is 5.75 Å². The molecule has 0 aliphatic carbocycles. The smallest absolute Gasteiger partial charge is 0.316 e. The number of carbonyl (C=O) groups is 2. The largest absolute Gasteiger partial charge is 0.492 e. The van der Waals surface area contributed by atoms with E-state index >= 15 is 0 Å². The number of hydrogen-bond donors (Lipinski definition) is 3. The van der Waals surface area contributed by atoms with Gasteiger partial charge in [0.2, 0.25) is 0 Å². The highest BCUT2D eigenvalue weighted by molar-refractivity contribution is 6.30. The first-order valence-electron chi connectivity index (χ1n) is 11.3. The Morgan fingerprint density at radius 3 is 2.59 bits per heavy atom. The van der Waals surface area contributed by atoms with Crippen LogP contribution in [0.4, 0.5) is 16.2 Å². The van der Waals surface area contributed by atoms with Crippen molar-refractivity contribution in [3.8, 4) is 5.75 Å². The molecule has 2 aromatic rings. The Kier molecular flexibility index (Phi) is 7.16. The van der Waals surface area contributed by atoms with Crippen LogP contribution in [0.25, 0.3) is 0 Å². The van der Waals surface area contributed by atoms with E-state index in [1.54, 1.807) is 30.3 Å². The molecule has 2 fully saturated rings. The zero-order chi connectivity index (χ0) is 24.3. The monoisotopic (exact) mass is 488 g/mol. The molecule has 3 amide bonds. The number of amides is 3. The summed E-state index contributed by atoms with van der Waals surface area (Å²) >= 11 is 6.05. The number of aliphatic hydroxyl groups excluding tert-OH is 1. The number of primary amides is 1. The maximum absolute atomic E-state index is 13.8. The van der Waals surface area contributed by atoms with Crippen LogP contribution < -0.4 is 20.7 Å². The standard InChI is InChI=1S/C24H29ClN4O5/c1-2-34-21-13-18(28-9-11-33-12-10-28)7-8-20(21)27-22(31)24(16-3-5-17(25)6-4-16)14-19(30)15-29(24)23(26)32/h3-8,13,19,30H,2,9-12,14-15H2,1H3,(H2,26,32)(H,27,31)/t19-,24-/m1/s1. The summed E-state index contributed by atoms with van der Waals surface area (Å²) in [5.74, 6) is 0.0144. The second-order valence-corrected chi connectivity index (χ2v) is 8.78. The van der Waals surface area contributed by atoms with E-state index in [9.17, 15) is 14.7 Å². The van der Waals surface area contributed by atoms with Crippen molar-refractivity contribution in [1.29, 1.82) is 0 Å². The third-order valence-electron chi connectivity index (χ3n) is 6.24. The minimum absolute atomic E-state index is 0.000759. The number of nitrogens with two attached hydrogens (primary N) is 1. The van der Waals surface area contributed by atoms with E-state index in [4.69, 9.17) is 26.8 Å². The van der Waals surface area contributed by atoms with Gasteiger partial charge in [0.15, 0.2) is 5.54 Å². The number of morpholine rings is 1. The molecular weight excluding hydrogens is 460 g/mol. The third-order valence-corrected chi connectivity index (χ3v) is 6.49. The second-order valence-electron chi connectivity index (χ2n) is 8.34. The molecule has 9 nitrogen and oxygen atoms in total. The molecule has 0 unspecified atom stereocenters. The summed E-state index contributed by atoms with van der Waals surface area (Å²) in [6.45, 7) is 5.05. The van der Waals surface area contributed by atoms with Crippen molar-refractivity contribution < 1.29 is 24.2 Å². The number of hydrogen-bond acceptors (Lipinski definition) is 6. The lowest BCUT2D eigenvalue weighted by molar-refractivity contribution is -0.125. The number of carbonyl (C=O) groups excluding carboxylic acids is 2. The van der Waals surface area contributed by atoms with Crippen LogP contribution in [0.5, 0.6) is 5.75 Å². The van der Waals surface area contributed by atoms with Gasteiger partial charge < -0.3 is 35.4 Å². The van der Waals surface area contributed by atoms with E-state index in [2.05, 4.69) is 10.2 Å². The van der Waals surface area contributed by atoms with Gasteiger partial charge in [-0.1, -0.05) is 23.7 Å². The lowest BCUT2D eigenvalue weighted by Crippen LogP contribution is -2.54. The number of nitrogens with one attached hydrogen (secondary N) is 1. The Labute approximate surface area is 203 Å². The van der Waals surface area contributed by atoms with Crippen molar-refractivity contribution in [1.82, 2.24) is 4.90 Å². The number of benzene rings is 2. The van der Waals surface area contributed by atoms with Gasteiger partial charge in [-0.3, -0.25) is 4.79 Å². The van der Waals surface area contributed by atoms with Crippen molar-refractivity contribution in [3.05, 3.63) is 53.1 Å². The molecule has 2 saturated heterocycles. The van der Waals surface area contributed by atoms with E-state index in [0.29, 0.717) is 41.8 Å². The highest BCUT2D eigenvalue weighted by Gasteiger charge is 2.54. The maximum atomic E-state index is 13.8. The molecule has 0 radical (unpaired) electrons. The van der Waals surface area contributed by atoms with Crippen molar-refractivity contribution >= 4 is 34.9 Å². The van der Waals surface area contributed by atoms with Crippen molar-refractivity contribution in [3.63, 3.8) is 0 Å². The molecule has 0 spiro atoms. The molecular formula is C24H29ClN4O5. The van der Waals surface area contributed by atoms with Crippen molar-refractivity contribution in [2.24, 2.45) is 5.73 Å². The van der Waals surface area contributed by atoms with Crippen LogP contribution in [-0.2, 0) is 15.1 Å². The summed E-state index contributed by atoms with van der Waals surface area (Å²) in [4.78, 5) is 29.6. The summed E-state index contributed by atoms with van der Waals surface area (Å²) in [7, 11) is 0. The average Bonchev–Trinajstić information content (AvgIpc) is 3.20. The van der Waals surface area contributed by atoms with Crippen LogP contribution in [0.1, 0.15) is 18.9 Å². The molecule has 2 aliphatic heterocycles. The van der Waals surface area contributed by atoms with Crippen molar-refractivity contribution in [2.45, 2.75) is 25.0 Å². The molecule has 182 valence electrons. The van der Waals surface area contributed by atoms with Crippen LogP contribution in [-0.4, -0.2) is 67.5 Å². The Bertz CT molecular complexity index is 1040. The van der Waals surface area contributed by atoms with Crippen LogP contribution in [0, 0.1) is 0 Å². The Hall–Kier alpha value is -3.01. The first-order chi connectivity index (χ1) is 16.3. The molecule has 10 heteroatoms. The zero-order valence-electron chi connectivity index (χ0n) is 19.0. The van der Waals surface area contributed by atoms with Gasteiger partial charge in [0, 0.05) is 42.8 Å². The predicted molar refractivity (Wildman–Crippen MR) is 129 cm³/mol. The number of likely N-dealkylation sites (tertiary alicyclic amines) is 1. The van der Waals surface area contributed by atoms with Gasteiger partial charge >= 0.3 is 6.03 Å². The van der Waals surface area contributed by atoms with E-state index in [0.717, 1.165) is 18.8 Å². The van der Waals surface area contributed by atoms with E-state index in [-0.39, 0.29) is 13.0 Å². The van der Waals surface area contributed by atoms with E-state index in [1.165, 1.54) is 4.90 Å². The lowest BCUT2D eigenvalue weighted by Gasteiger charge is -2.36. The molecule has 2 atom stereocenters. The molecule has 0 saturated carbocycles. The number of β-amino-alcohol motifs (C(OH)–C–C–N with tert-alkyl or cyclic N) is 1. The number of rotatable bonds is 6. The quantitative estimate of drug-likeness (QED) is 0.575. The topological polar surface area (TPSA) is 117 Å². The minimum atomic E-state index is -1.50. The molecule has 0 aromatic heterocycles. The fourth-order valence-corrected chi connectivity index (χ4v) is 4.77. The molecule has 2 aliphatic rings. The molecule has 4 N–H and O–H groups in total. The number of aliphatic hydroxyl groups is 1. The molecule has 2 aromatic carbocycles. The van der Waals surface area contributed by atoms with Crippen molar-refractivity contribution in [2.75, 3.05) is 49.7 Å². The van der Waals surface area contributed by atoms with Gasteiger partial charge in [0.25, 0.3) is 5.91 Å². The second kappa shape index (κ2) is 10.1. The number of halogens is 1. The normalized spacial score (nSPS) is 22.5. The highest BCUT2D eigenvalue weighted by atomic mass is 35.5. The van der Waals surface area contributed by atoms with Crippen LogP contribution >= 0.6 is 11.6 Å². The zero-order valence-corrected chi connectivity index (χ0v) is 19.8. The van der Waals surface area contributed by atoms with Crippen LogP contribution in [0.2, 0.25) is 5.02 Å². The molecule has 2 heterocycles. The Balaban J connectivity index is 1.70. The third kappa shape index (κ3) is 4.64. The van der Waals surface area contributed by atoms with E-state index < -0.39 is 23.6 Å². The summed E-state index contributed by atoms with van der Waals surface area (Å²) < 4.78 is 11.3. The summed E-state index contributed by atoms with van der Waals surface area (Å²) in [6, 6.07) is 11.4. The van der Waals surface area contributed by atoms with Crippen LogP contribution in [0.15, 0.2) is 42.5 Å². The fourth-order valence-electron chi connectivity index (χ4n) is 4.64. The number of anilines is 2. The van der Waals surface area contributed by atoms with Crippen LogP contribution in [0.3, 0.4) is 0 Å². The fraction of sp³-hybridized carbons (Fsp3) is 0.417. The maximum Gasteiger partial charge on any atom is 0.316 e. The molecule has 0 bridgehead atoms. The molecule has 34 heavy (non-hydrogen) atoms. The minimum Gasteiger partial charge on any atom is -0.492 e. The number of urea groups is 1. The summed E-state index contributed by atoms with van der Waals surface area (Å²) in [5, 5.41) is 13.9. The van der Waals surface area contributed by atoms with Gasteiger partial charge in [-0.25, -0.2) is 4.79 Å². The number of ether oxygens (including phenoxy) is 2. The average molecular weight is 489 g/mol. The summed E-state index contributed by atoms with van der Waals surface area (Å²) in [5.41, 5.74) is 6.08. The first kappa shape index (κ1) is 24.1. The van der Waals surface area contributed by atoms with Gasteiger partial charge in [-0.05, 0) is 36.8 Å². The van der Waals surface area contributed by atoms with Gasteiger partial charge in [-0.15, -0.1) is 0 Å². The van der Waals surface area contributed by atoms with E-state index in [1.807, 2.05) is 19.1 Å². The Morgan fingerprint density at radius 1 is 1.24 bits per heavy atom. The first-order valence-corrected chi connectivity index (χ1v) is 11.6. The van der Waals surface area contributed by atoms with Gasteiger partial charge in [-0.2, -0.15) is 0 Å². The lowest BCUT2D eigenvalue weighted by atomic mass is 9.85. The van der Waals surface area contributed by atoms with Gasteiger partial charge in [0.05, 0.1) is 31.6 Å². The number of nitrogens with zero attached hydrogens (tertiary/aromatic N) is 2. The highest BCUT2D eigenvalue weighted by Crippen LogP contribution is 2.41. The summed E-state index contributed by atoms with van der Waals surface area (Å²) in [6.07, 6.45) is -0.914. The SMILES string of the molecule is CCOc1cc(N2CCOCC2)ccc1NC(=O)[C@]1(c2ccc(Cl)cc2)C[C@@H](O)CN1C(N)=O. The Morgan fingerprint density at radius 2 is 1.94 bits per heavy atom.